The van der Waals surface area contributed by atoms with E-state index in [2.05, 4.69) is 27.4 Å². The molecule has 0 aromatic carbocycles. The SMILES string of the molecule is CCCCCCCCCCCCCC[P+](C)(CCCC)CCCC. The first-order chi connectivity index (χ1) is 11.7. The zero-order chi connectivity index (χ0) is 17.9. The summed E-state index contributed by atoms with van der Waals surface area (Å²) in [5, 5.41) is 0. The summed E-state index contributed by atoms with van der Waals surface area (Å²) < 4.78 is 0. The van der Waals surface area contributed by atoms with Gasteiger partial charge < -0.3 is 0 Å². The Morgan fingerprint density at radius 3 is 1.04 bits per heavy atom. The Bertz CT molecular complexity index is 228. The highest BCUT2D eigenvalue weighted by atomic mass is 31.2. The molecule has 0 N–H and O–H groups in total. The van der Waals surface area contributed by atoms with Crippen molar-refractivity contribution in [3.63, 3.8) is 0 Å². The summed E-state index contributed by atoms with van der Waals surface area (Å²) in [4.78, 5) is 0. The number of rotatable bonds is 19. The van der Waals surface area contributed by atoms with E-state index in [1.165, 1.54) is 103 Å². The average Bonchev–Trinajstić information content (AvgIpc) is 2.59. The molecule has 0 spiro atoms. The second kappa shape index (κ2) is 18.2. The minimum atomic E-state index is -0.582. The highest BCUT2D eigenvalue weighted by molar-refractivity contribution is 7.75. The molecule has 0 radical (unpaired) electrons. The fraction of sp³-hybridized carbons (Fsp3) is 1.00. The van der Waals surface area contributed by atoms with Gasteiger partial charge in [0.25, 0.3) is 0 Å². The molecule has 0 aliphatic rings. The normalized spacial score (nSPS) is 12.0. The summed E-state index contributed by atoms with van der Waals surface area (Å²) in [6, 6.07) is 0. The molecule has 1 heteroatoms. The largest absolute Gasteiger partial charge is 0.0654 e. The van der Waals surface area contributed by atoms with E-state index in [-0.39, 0.29) is 0 Å². The quantitative estimate of drug-likeness (QED) is 0.160. The van der Waals surface area contributed by atoms with Crippen LogP contribution < -0.4 is 0 Å². The van der Waals surface area contributed by atoms with Gasteiger partial charge in [-0.25, -0.2) is 0 Å². The van der Waals surface area contributed by atoms with Crippen LogP contribution in [-0.4, -0.2) is 25.2 Å². The lowest BCUT2D eigenvalue weighted by Crippen LogP contribution is -2.07. The van der Waals surface area contributed by atoms with Crippen LogP contribution in [0.3, 0.4) is 0 Å². The van der Waals surface area contributed by atoms with E-state index in [1.807, 2.05) is 0 Å². The van der Waals surface area contributed by atoms with Gasteiger partial charge in [-0.1, -0.05) is 97.8 Å². The molecule has 0 aliphatic carbocycles. The van der Waals surface area contributed by atoms with Gasteiger partial charge >= 0.3 is 0 Å². The molecule has 0 saturated heterocycles. The number of unbranched alkanes of at least 4 members (excludes halogenated alkanes) is 13. The lowest BCUT2D eigenvalue weighted by Gasteiger charge is -2.23. The first-order valence-corrected chi connectivity index (χ1v) is 14.3. The van der Waals surface area contributed by atoms with Crippen LogP contribution in [0, 0.1) is 0 Å². The van der Waals surface area contributed by atoms with Crippen LogP contribution in [0.25, 0.3) is 0 Å². The van der Waals surface area contributed by atoms with E-state index in [0.29, 0.717) is 0 Å². The van der Waals surface area contributed by atoms with Crippen molar-refractivity contribution in [2.45, 2.75) is 124 Å². The molecule has 146 valence electrons. The summed E-state index contributed by atoms with van der Waals surface area (Å²) in [5.41, 5.74) is 0. The minimum Gasteiger partial charge on any atom is -0.0654 e. The van der Waals surface area contributed by atoms with Gasteiger partial charge in [0.15, 0.2) is 0 Å². The molecule has 0 nitrogen and oxygen atoms in total. The molecule has 0 aromatic heterocycles. The molecule has 0 aromatic rings. The van der Waals surface area contributed by atoms with Crippen LogP contribution in [-0.2, 0) is 0 Å². The van der Waals surface area contributed by atoms with Crippen LogP contribution in [0.2, 0.25) is 0 Å². The lowest BCUT2D eigenvalue weighted by atomic mass is 10.1. The highest BCUT2D eigenvalue weighted by Crippen LogP contribution is 2.57. The molecular weight excluding hydrogens is 307 g/mol. The third-order valence-electron chi connectivity index (χ3n) is 5.65. The van der Waals surface area contributed by atoms with Gasteiger partial charge in [-0.3, -0.25) is 0 Å². The Morgan fingerprint density at radius 2 is 0.667 bits per heavy atom. The van der Waals surface area contributed by atoms with E-state index >= 15 is 0 Å². The molecule has 0 fully saturated rings. The zero-order valence-electron chi connectivity index (χ0n) is 17.9. The average molecular weight is 358 g/mol. The summed E-state index contributed by atoms with van der Waals surface area (Å²) >= 11 is 0. The van der Waals surface area contributed by atoms with Gasteiger partial charge in [0, 0.05) is 13.9 Å². The smallest absolute Gasteiger partial charge is 0.0591 e. The number of hydrogen-bond acceptors (Lipinski definition) is 0. The van der Waals surface area contributed by atoms with Crippen molar-refractivity contribution < 1.29 is 0 Å². The Morgan fingerprint density at radius 1 is 0.375 bits per heavy atom. The molecular formula is C23H50P+. The van der Waals surface area contributed by atoms with Gasteiger partial charge in [-0.15, -0.1) is 0 Å². The van der Waals surface area contributed by atoms with Gasteiger partial charge in [-0.05, 0) is 25.7 Å². The van der Waals surface area contributed by atoms with Crippen LogP contribution in [0.15, 0.2) is 0 Å². The molecule has 0 aliphatic heterocycles. The second-order valence-corrected chi connectivity index (χ2v) is 13.0. The van der Waals surface area contributed by atoms with E-state index in [9.17, 15) is 0 Å². The minimum absolute atomic E-state index is 0.582. The summed E-state index contributed by atoms with van der Waals surface area (Å²) in [6.45, 7) is 9.69. The Balaban J connectivity index is 3.50. The van der Waals surface area contributed by atoms with E-state index in [1.54, 1.807) is 18.5 Å². The molecule has 24 heavy (non-hydrogen) atoms. The fourth-order valence-corrected chi connectivity index (χ4v) is 7.57. The van der Waals surface area contributed by atoms with Crippen molar-refractivity contribution in [3.8, 4) is 0 Å². The molecule has 0 unspecified atom stereocenters. The Kier molecular flexibility index (Phi) is 18.6. The predicted octanol–water partition coefficient (Wildman–Crippen LogP) is 8.94. The van der Waals surface area contributed by atoms with Crippen LogP contribution in [0.1, 0.15) is 124 Å². The summed E-state index contributed by atoms with van der Waals surface area (Å²) in [6.07, 6.45) is 28.2. The molecule has 0 amide bonds. The first-order valence-electron chi connectivity index (χ1n) is 11.5. The highest BCUT2D eigenvalue weighted by Gasteiger charge is 2.29. The van der Waals surface area contributed by atoms with Crippen LogP contribution in [0.5, 0.6) is 0 Å². The topological polar surface area (TPSA) is 0 Å². The second-order valence-electron chi connectivity index (χ2n) is 8.39. The maximum Gasteiger partial charge on any atom is 0.0591 e. The van der Waals surface area contributed by atoms with Crippen molar-refractivity contribution >= 4 is 7.26 Å². The molecule has 0 bridgehead atoms. The van der Waals surface area contributed by atoms with Gasteiger partial charge in [0.1, 0.15) is 0 Å². The van der Waals surface area contributed by atoms with E-state index < -0.39 is 7.26 Å². The molecule has 0 saturated carbocycles. The third-order valence-corrected chi connectivity index (χ3v) is 9.84. The van der Waals surface area contributed by atoms with E-state index in [4.69, 9.17) is 0 Å². The molecule has 0 atom stereocenters. The Hall–Kier alpha value is 0.430. The molecule has 0 rings (SSSR count). The van der Waals surface area contributed by atoms with Crippen molar-refractivity contribution in [1.29, 1.82) is 0 Å². The summed E-state index contributed by atoms with van der Waals surface area (Å²) in [5.74, 6) is 0. The maximum absolute atomic E-state index is 2.68. The van der Waals surface area contributed by atoms with Crippen molar-refractivity contribution in [1.82, 2.24) is 0 Å². The third kappa shape index (κ3) is 15.9. The predicted molar refractivity (Wildman–Crippen MR) is 118 cm³/mol. The van der Waals surface area contributed by atoms with Crippen molar-refractivity contribution in [2.75, 3.05) is 25.2 Å². The monoisotopic (exact) mass is 357 g/mol. The zero-order valence-corrected chi connectivity index (χ0v) is 18.8. The van der Waals surface area contributed by atoms with Crippen LogP contribution >= 0.6 is 7.26 Å². The first kappa shape index (κ1) is 24.4. The number of hydrogen-bond donors (Lipinski definition) is 0. The van der Waals surface area contributed by atoms with Gasteiger partial charge in [-0.2, -0.15) is 0 Å². The van der Waals surface area contributed by atoms with Gasteiger partial charge in [0.2, 0.25) is 0 Å². The maximum atomic E-state index is 2.68. The van der Waals surface area contributed by atoms with Crippen molar-refractivity contribution in [3.05, 3.63) is 0 Å². The Labute approximate surface area is 156 Å². The van der Waals surface area contributed by atoms with Gasteiger partial charge in [0.05, 0.1) is 18.5 Å². The summed E-state index contributed by atoms with van der Waals surface area (Å²) in [7, 11) is -0.582. The van der Waals surface area contributed by atoms with Crippen LogP contribution in [0.4, 0.5) is 0 Å². The lowest BCUT2D eigenvalue weighted by molar-refractivity contribution is 0.548. The fourth-order valence-electron chi connectivity index (χ4n) is 3.75. The van der Waals surface area contributed by atoms with Crippen molar-refractivity contribution in [2.24, 2.45) is 0 Å². The van der Waals surface area contributed by atoms with E-state index in [0.717, 1.165) is 0 Å². The molecule has 0 heterocycles. The standard InChI is InChI=1S/C23H50P/c1-5-8-11-12-13-14-15-16-17-18-19-20-23-24(4,21-9-6-2)22-10-7-3/h5-23H2,1-4H3/q+1.